The van der Waals surface area contributed by atoms with Crippen molar-refractivity contribution in [2.45, 2.75) is 6.42 Å². The molecule has 0 saturated carbocycles. The van der Waals surface area contributed by atoms with Crippen LogP contribution in [-0.2, 0) is 4.79 Å². The number of benzene rings is 2. The van der Waals surface area contributed by atoms with Crippen molar-refractivity contribution >= 4 is 23.2 Å². The van der Waals surface area contributed by atoms with Gasteiger partial charge in [0.25, 0.3) is 5.91 Å². The number of carbonyl (C=O) groups is 1. The molecule has 118 valence electrons. The molecule has 6 heteroatoms. The summed E-state index contributed by atoms with van der Waals surface area (Å²) in [5.74, 6) is 1.04. The Bertz CT molecular complexity index is 729. The van der Waals surface area contributed by atoms with Crippen molar-refractivity contribution in [3.05, 3.63) is 59.1 Å². The van der Waals surface area contributed by atoms with Gasteiger partial charge in [-0.25, -0.2) is 5.43 Å². The number of para-hydroxylation sites is 1. The normalized spacial score (nSPS) is 14.7. The third kappa shape index (κ3) is 4.02. The number of ether oxygens (including phenoxy) is 2. The molecule has 3 rings (SSSR count). The van der Waals surface area contributed by atoms with Gasteiger partial charge in [0.05, 0.1) is 12.3 Å². The summed E-state index contributed by atoms with van der Waals surface area (Å²) in [6, 6.07) is 14.4. The molecule has 1 heterocycles. The van der Waals surface area contributed by atoms with E-state index in [0.717, 1.165) is 17.0 Å². The Morgan fingerprint density at radius 2 is 2.00 bits per heavy atom. The first kappa shape index (κ1) is 15.4. The third-order valence-electron chi connectivity index (χ3n) is 3.29. The second kappa shape index (κ2) is 7.15. The molecule has 0 saturated heterocycles. The Labute approximate surface area is 138 Å². The number of carbonyl (C=O) groups excluding carboxylic acids is 1. The molecule has 1 aliphatic heterocycles. The van der Waals surface area contributed by atoms with Gasteiger partial charge in [-0.05, 0) is 36.4 Å². The van der Waals surface area contributed by atoms with Crippen molar-refractivity contribution in [2.24, 2.45) is 5.10 Å². The standard InChI is InChI=1S/C17H15ClN2O3/c18-12-5-7-13(8-6-12)23-11-17(21)20-19-15-9-10-22-16-4-2-1-3-14(15)16/h1-8H,9-11H2,(H,20,21)/b19-15-. The van der Waals surface area contributed by atoms with Crippen LogP contribution in [0.2, 0.25) is 5.02 Å². The number of hydrazone groups is 1. The average molecular weight is 331 g/mol. The van der Waals surface area contributed by atoms with Gasteiger partial charge in [-0.2, -0.15) is 5.10 Å². The van der Waals surface area contributed by atoms with Crippen LogP contribution >= 0.6 is 11.6 Å². The summed E-state index contributed by atoms with van der Waals surface area (Å²) in [6.07, 6.45) is 0.648. The number of rotatable bonds is 4. The minimum atomic E-state index is -0.323. The van der Waals surface area contributed by atoms with Gasteiger partial charge in [-0.3, -0.25) is 4.79 Å². The summed E-state index contributed by atoms with van der Waals surface area (Å²) in [6.45, 7) is 0.434. The van der Waals surface area contributed by atoms with Gasteiger partial charge in [0.1, 0.15) is 11.5 Å². The number of nitrogens with one attached hydrogen (secondary N) is 1. The molecule has 23 heavy (non-hydrogen) atoms. The third-order valence-corrected chi connectivity index (χ3v) is 3.55. The Kier molecular flexibility index (Phi) is 4.78. The summed E-state index contributed by atoms with van der Waals surface area (Å²) in [7, 11) is 0. The minimum Gasteiger partial charge on any atom is -0.492 e. The number of amides is 1. The molecule has 0 radical (unpaired) electrons. The molecule has 1 amide bonds. The van der Waals surface area contributed by atoms with Gasteiger partial charge in [0, 0.05) is 17.0 Å². The second-order valence-corrected chi connectivity index (χ2v) is 5.37. The highest BCUT2D eigenvalue weighted by atomic mass is 35.5. The fourth-order valence-electron chi connectivity index (χ4n) is 2.18. The predicted octanol–water partition coefficient (Wildman–Crippen LogP) is 3.02. The van der Waals surface area contributed by atoms with E-state index in [0.29, 0.717) is 23.8 Å². The van der Waals surface area contributed by atoms with Gasteiger partial charge >= 0.3 is 0 Å². The van der Waals surface area contributed by atoms with E-state index in [2.05, 4.69) is 10.5 Å². The van der Waals surface area contributed by atoms with E-state index >= 15 is 0 Å². The average Bonchev–Trinajstić information content (AvgIpc) is 2.59. The van der Waals surface area contributed by atoms with E-state index < -0.39 is 0 Å². The Hall–Kier alpha value is -2.53. The Morgan fingerprint density at radius 1 is 1.22 bits per heavy atom. The van der Waals surface area contributed by atoms with Crippen molar-refractivity contribution in [2.75, 3.05) is 13.2 Å². The summed E-state index contributed by atoms with van der Waals surface area (Å²) < 4.78 is 10.9. The van der Waals surface area contributed by atoms with Crippen molar-refractivity contribution in [3.8, 4) is 11.5 Å². The molecule has 5 nitrogen and oxygen atoms in total. The molecule has 0 fully saturated rings. The van der Waals surface area contributed by atoms with E-state index in [4.69, 9.17) is 21.1 Å². The molecule has 2 aromatic carbocycles. The highest BCUT2D eigenvalue weighted by Gasteiger charge is 2.16. The Morgan fingerprint density at radius 3 is 2.83 bits per heavy atom. The van der Waals surface area contributed by atoms with E-state index in [9.17, 15) is 4.79 Å². The van der Waals surface area contributed by atoms with Crippen molar-refractivity contribution in [3.63, 3.8) is 0 Å². The molecule has 0 bridgehead atoms. The van der Waals surface area contributed by atoms with Crippen LogP contribution in [0.1, 0.15) is 12.0 Å². The zero-order valence-corrected chi connectivity index (χ0v) is 13.0. The highest BCUT2D eigenvalue weighted by Crippen LogP contribution is 2.24. The van der Waals surface area contributed by atoms with E-state index in [1.807, 2.05) is 24.3 Å². The molecule has 1 aliphatic rings. The predicted molar refractivity (Wildman–Crippen MR) is 88.2 cm³/mol. The first-order valence-electron chi connectivity index (χ1n) is 7.18. The van der Waals surface area contributed by atoms with Crippen LogP contribution in [0.25, 0.3) is 0 Å². The highest BCUT2D eigenvalue weighted by molar-refractivity contribution is 6.30. The van der Waals surface area contributed by atoms with Crippen LogP contribution in [0.5, 0.6) is 11.5 Å². The first-order chi connectivity index (χ1) is 11.2. The molecule has 0 aliphatic carbocycles. The summed E-state index contributed by atoms with van der Waals surface area (Å²) in [5.41, 5.74) is 4.22. The maximum atomic E-state index is 11.8. The zero-order chi connectivity index (χ0) is 16.1. The fourth-order valence-corrected chi connectivity index (χ4v) is 2.31. The van der Waals surface area contributed by atoms with Gasteiger partial charge in [0.2, 0.25) is 0 Å². The second-order valence-electron chi connectivity index (χ2n) is 4.93. The number of nitrogens with zero attached hydrogens (tertiary/aromatic N) is 1. The van der Waals surface area contributed by atoms with Gasteiger partial charge in [-0.15, -0.1) is 0 Å². The molecular weight excluding hydrogens is 316 g/mol. The largest absolute Gasteiger partial charge is 0.492 e. The lowest BCUT2D eigenvalue weighted by Crippen LogP contribution is -2.27. The Balaban J connectivity index is 1.57. The number of hydrogen-bond donors (Lipinski definition) is 1. The fraction of sp³-hybridized carbons (Fsp3) is 0.176. The summed E-state index contributed by atoms with van der Waals surface area (Å²) in [5, 5.41) is 4.80. The first-order valence-corrected chi connectivity index (χ1v) is 7.56. The van der Waals surface area contributed by atoms with Crippen LogP contribution in [0.4, 0.5) is 0 Å². The maximum Gasteiger partial charge on any atom is 0.277 e. The van der Waals surface area contributed by atoms with Crippen LogP contribution in [0.3, 0.4) is 0 Å². The van der Waals surface area contributed by atoms with Crippen LogP contribution in [-0.4, -0.2) is 24.8 Å². The van der Waals surface area contributed by atoms with Crippen molar-refractivity contribution in [1.29, 1.82) is 0 Å². The summed E-state index contributed by atoms with van der Waals surface area (Å²) in [4.78, 5) is 11.8. The van der Waals surface area contributed by atoms with Gasteiger partial charge < -0.3 is 9.47 Å². The van der Waals surface area contributed by atoms with Crippen molar-refractivity contribution < 1.29 is 14.3 Å². The lowest BCUT2D eigenvalue weighted by atomic mass is 10.0. The molecule has 0 spiro atoms. The molecular formula is C17H15ClN2O3. The molecule has 2 aromatic rings. The molecule has 1 N–H and O–H groups in total. The van der Waals surface area contributed by atoms with Crippen LogP contribution < -0.4 is 14.9 Å². The zero-order valence-electron chi connectivity index (χ0n) is 12.3. The molecule has 0 atom stereocenters. The monoisotopic (exact) mass is 330 g/mol. The van der Waals surface area contributed by atoms with E-state index in [1.54, 1.807) is 24.3 Å². The minimum absolute atomic E-state index is 0.115. The molecule has 0 aromatic heterocycles. The van der Waals surface area contributed by atoms with Crippen LogP contribution in [0.15, 0.2) is 53.6 Å². The topological polar surface area (TPSA) is 59.9 Å². The van der Waals surface area contributed by atoms with E-state index in [-0.39, 0.29) is 12.5 Å². The smallest absolute Gasteiger partial charge is 0.277 e. The quantitative estimate of drug-likeness (QED) is 0.877. The SMILES string of the molecule is O=C(COc1ccc(Cl)cc1)N/N=C1/CCOc2ccccc21. The number of fused-ring (bicyclic) bond motifs is 1. The van der Waals surface area contributed by atoms with Crippen LogP contribution in [0, 0.1) is 0 Å². The lowest BCUT2D eigenvalue weighted by Gasteiger charge is -2.18. The van der Waals surface area contributed by atoms with Gasteiger partial charge in [0.15, 0.2) is 6.61 Å². The maximum absolute atomic E-state index is 11.8. The van der Waals surface area contributed by atoms with Gasteiger partial charge in [-0.1, -0.05) is 23.7 Å². The molecule has 0 unspecified atom stereocenters. The van der Waals surface area contributed by atoms with Crippen molar-refractivity contribution in [1.82, 2.24) is 5.43 Å². The van der Waals surface area contributed by atoms with E-state index in [1.165, 1.54) is 0 Å². The number of halogens is 1. The lowest BCUT2D eigenvalue weighted by molar-refractivity contribution is -0.123. The summed E-state index contributed by atoms with van der Waals surface area (Å²) >= 11 is 5.79. The number of hydrogen-bond acceptors (Lipinski definition) is 4.